The molecular weight excluding hydrogens is 329 g/mol. The molecule has 2 N–H and O–H groups in total. The molecule has 0 bridgehead atoms. The van der Waals surface area contributed by atoms with Crippen LogP contribution in [-0.4, -0.2) is 34.1 Å². The van der Waals surface area contributed by atoms with Gasteiger partial charge in [-0.1, -0.05) is 18.2 Å². The molecule has 1 atom stereocenters. The fourth-order valence-electron chi connectivity index (χ4n) is 3.11. The Morgan fingerprint density at radius 3 is 2.69 bits per heavy atom. The third-order valence-corrected chi connectivity index (χ3v) is 4.42. The smallest absolute Gasteiger partial charge is 0.165 e. The zero-order chi connectivity index (χ0) is 17.8. The van der Waals surface area contributed by atoms with Crippen molar-refractivity contribution < 1.29 is 4.39 Å². The van der Waals surface area contributed by atoms with Crippen LogP contribution in [0.2, 0.25) is 0 Å². The average Bonchev–Trinajstić information content (AvgIpc) is 2.69. The molecule has 3 heterocycles. The highest BCUT2D eigenvalue weighted by molar-refractivity contribution is 5.65. The lowest BCUT2D eigenvalue weighted by Crippen LogP contribution is -2.38. The molecule has 5 nitrogen and oxygen atoms in total. The van der Waals surface area contributed by atoms with Gasteiger partial charge in [-0.15, -0.1) is 0 Å². The van der Waals surface area contributed by atoms with Gasteiger partial charge in [-0.05, 0) is 43.7 Å². The number of benzene rings is 1. The van der Waals surface area contributed by atoms with Crippen molar-refractivity contribution in [1.29, 1.82) is 0 Å². The van der Waals surface area contributed by atoms with Gasteiger partial charge < -0.3 is 10.6 Å². The lowest BCUT2D eigenvalue weighted by Gasteiger charge is -2.24. The van der Waals surface area contributed by atoms with Gasteiger partial charge in [0.15, 0.2) is 5.82 Å². The summed E-state index contributed by atoms with van der Waals surface area (Å²) in [5, 5.41) is 6.84. The number of piperidine rings is 1. The van der Waals surface area contributed by atoms with Crippen LogP contribution >= 0.6 is 0 Å². The van der Waals surface area contributed by atoms with Crippen LogP contribution in [0, 0.1) is 5.82 Å². The molecular formula is C20H20FN5. The Labute approximate surface area is 151 Å². The number of aromatic nitrogens is 3. The first-order valence-corrected chi connectivity index (χ1v) is 8.82. The average molecular weight is 349 g/mol. The van der Waals surface area contributed by atoms with Gasteiger partial charge >= 0.3 is 0 Å². The maximum Gasteiger partial charge on any atom is 0.165 e. The third-order valence-electron chi connectivity index (χ3n) is 4.42. The lowest BCUT2D eigenvalue weighted by molar-refractivity contribution is 0.479. The topological polar surface area (TPSA) is 62.7 Å². The molecule has 1 aromatic carbocycles. The van der Waals surface area contributed by atoms with E-state index in [0.29, 0.717) is 28.9 Å². The largest absolute Gasteiger partial charge is 0.366 e. The zero-order valence-corrected chi connectivity index (χ0v) is 14.3. The van der Waals surface area contributed by atoms with Crippen molar-refractivity contribution in [3.05, 3.63) is 60.5 Å². The molecule has 6 heteroatoms. The van der Waals surface area contributed by atoms with Crippen LogP contribution in [0.1, 0.15) is 12.8 Å². The number of hydrogen-bond donors (Lipinski definition) is 2. The lowest BCUT2D eigenvalue weighted by atomic mass is 10.1. The first-order chi connectivity index (χ1) is 12.8. The number of nitrogens with zero attached hydrogens (tertiary/aromatic N) is 3. The van der Waals surface area contributed by atoms with Gasteiger partial charge in [0.25, 0.3) is 0 Å². The standard InChI is InChI=1S/C20H20FN5/c21-16-8-2-1-7-15(16)20-25-18(17-9-3-4-11-23-17)12-19(26-20)24-14-6-5-10-22-13-14/h1-4,7-9,11-12,14,22H,5-6,10,13H2,(H,24,25,26). The maximum atomic E-state index is 14.3. The number of hydrogen-bond acceptors (Lipinski definition) is 5. The summed E-state index contributed by atoms with van der Waals surface area (Å²) in [5.41, 5.74) is 1.79. The van der Waals surface area contributed by atoms with Gasteiger partial charge in [-0.25, -0.2) is 14.4 Å². The summed E-state index contributed by atoms with van der Waals surface area (Å²) in [7, 11) is 0. The highest BCUT2D eigenvalue weighted by Crippen LogP contribution is 2.25. The Morgan fingerprint density at radius 1 is 1.04 bits per heavy atom. The molecule has 1 aliphatic rings. The van der Waals surface area contributed by atoms with E-state index in [1.54, 1.807) is 24.4 Å². The van der Waals surface area contributed by atoms with Gasteiger partial charge in [0.1, 0.15) is 11.6 Å². The molecule has 4 rings (SSSR count). The Kier molecular flexibility index (Phi) is 4.84. The molecule has 0 spiro atoms. The maximum absolute atomic E-state index is 14.3. The Morgan fingerprint density at radius 2 is 1.92 bits per heavy atom. The zero-order valence-electron chi connectivity index (χ0n) is 14.3. The number of anilines is 1. The molecule has 0 aliphatic carbocycles. The number of nitrogens with one attached hydrogen (secondary N) is 2. The molecule has 2 aromatic heterocycles. The van der Waals surface area contributed by atoms with Crippen molar-refractivity contribution in [1.82, 2.24) is 20.3 Å². The van der Waals surface area contributed by atoms with Crippen molar-refractivity contribution in [2.75, 3.05) is 18.4 Å². The van der Waals surface area contributed by atoms with Gasteiger partial charge in [0.2, 0.25) is 0 Å². The highest BCUT2D eigenvalue weighted by Gasteiger charge is 2.16. The van der Waals surface area contributed by atoms with E-state index < -0.39 is 0 Å². The molecule has 0 saturated carbocycles. The molecule has 132 valence electrons. The van der Waals surface area contributed by atoms with E-state index in [-0.39, 0.29) is 5.82 Å². The van der Waals surface area contributed by atoms with Crippen molar-refractivity contribution in [2.24, 2.45) is 0 Å². The second-order valence-electron chi connectivity index (χ2n) is 6.34. The van der Waals surface area contributed by atoms with Crippen LogP contribution in [0.4, 0.5) is 10.2 Å². The minimum absolute atomic E-state index is 0.295. The van der Waals surface area contributed by atoms with Gasteiger partial charge in [-0.2, -0.15) is 0 Å². The van der Waals surface area contributed by atoms with E-state index >= 15 is 0 Å². The van der Waals surface area contributed by atoms with E-state index in [4.69, 9.17) is 0 Å². The van der Waals surface area contributed by atoms with E-state index in [1.807, 2.05) is 24.3 Å². The number of rotatable bonds is 4. The molecule has 1 aliphatic heterocycles. The summed E-state index contributed by atoms with van der Waals surface area (Å²) in [5.74, 6) is 0.709. The van der Waals surface area contributed by atoms with E-state index in [1.165, 1.54) is 6.07 Å². The van der Waals surface area contributed by atoms with Crippen LogP contribution in [0.25, 0.3) is 22.8 Å². The van der Waals surface area contributed by atoms with Crippen LogP contribution in [0.15, 0.2) is 54.7 Å². The van der Waals surface area contributed by atoms with E-state index in [0.717, 1.165) is 31.6 Å². The summed E-state index contributed by atoms with van der Waals surface area (Å²) in [4.78, 5) is 13.5. The minimum atomic E-state index is -0.337. The van der Waals surface area contributed by atoms with Crippen molar-refractivity contribution in [3.8, 4) is 22.8 Å². The Balaban J connectivity index is 1.75. The van der Waals surface area contributed by atoms with Crippen LogP contribution in [0.5, 0.6) is 0 Å². The Hall–Kier alpha value is -2.86. The molecule has 0 radical (unpaired) electrons. The second kappa shape index (κ2) is 7.58. The number of halogens is 1. The SMILES string of the molecule is Fc1ccccc1-c1nc(NC2CCCNC2)cc(-c2ccccn2)n1. The van der Waals surface area contributed by atoms with Gasteiger partial charge in [0.05, 0.1) is 17.0 Å². The summed E-state index contributed by atoms with van der Waals surface area (Å²) in [6.45, 7) is 1.93. The fourth-order valence-corrected chi connectivity index (χ4v) is 3.11. The molecule has 1 unspecified atom stereocenters. The van der Waals surface area contributed by atoms with Crippen molar-refractivity contribution >= 4 is 5.82 Å². The normalized spacial score (nSPS) is 17.0. The quantitative estimate of drug-likeness (QED) is 0.755. The van der Waals surface area contributed by atoms with Crippen molar-refractivity contribution in [3.63, 3.8) is 0 Å². The summed E-state index contributed by atoms with van der Waals surface area (Å²) >= 11 is 0. The predicted octanol–water partition coefficient (Wildman–Crippen LogP) is 3.51. The van der Waals surface area contributed by atoms with Crippen LogP contribution < -0.4 is 10.6 Å². The molecule has 1 saturated heterocycles. The van der Waals surface area contributed by atoms with Crippen LogP contribution in [0.3, 0.4) is 0 Å². The summed E-state index contributed by atoms with van der Waals surface area (Å²) < 4.78 is 14.3. The monoisotopic (exact) mass is 349 g/mol. The first kappa shape index (κ1) is 16.6. The van der Waals surface area contributed by atoms with Crippen LogP contribution in [-0.2, 0) is 0 Å². The molecule has 3 aromatic rings. The molecule has 26 heavy (non-hydrogen) atoms. The summed E-state index contributed by atoms with van der Waals surface area (Å²) in [6, 6.07) is 14.4. The molecule has 0 amide bonds. The predicted molar refractivity (Wildman–Crippen MR) is 100 cm³/mol. The Bertz CT molecular complexity index is 878. The van der Waals surface area contributed by atoms with E-state index in [2.05, 4.69) is 25.6 Å². The fraction of sp³-hybridized carbons (Fsp3) is 0.250. The number of pyridine rings is 1. The highest BCUT2D eigenvalue weighted by atomic mass is 19.1. The minimum Gasteiger partial charge on any atom is -0.366 e. The van der Waals surface area contributed by atoms with Gasteiger partial charge in [0, 0.05) is 24.8 Å². The first-order valence-electron chi connectivity index (χ1n) is 8.82. The second-order valence-corrected chi connectivity index (χ2v) is 6.34. The van der Waals surface area contributed by atoms with E-state index in [9.17, 15) is 4.39 Å². The third kappa shape index (κ3) is 3.70. The van der Waals surface area contributed by atoms with Gasteiger partial charge in [-0.3, -0.25) is 4.98 Å². The van der Waals surface area contributed by atoms with Crippen molar-refractivity contribution in [2.45, 2.75) is 18.9 Å². The summed E-state index contributed by atoms with van der Waals surface area (Å²) in [6.07, 6.45) is 3.92. The molecule has 1 fully saturated rings.